The van der Waals surface area contributed by atoms with Crippen molar-refractivity contribution in [3.8, 4) is 0 Å². The van der Waals surface area contributed by atoms with Gasteiger partial charge >= 0.3 is 0 Å². The Hall–Kier alpha value is -2.73. The molecule has 2 aromatic heterocycles. The molecule has 0 radical (unpaired) electrons. The van der Waals surface area contributed by atoms with Crippen LogP contribution in [0.4, 0.5) is 17.5 Å². The van der Waals surface area contributed by atoms with E-state index >= 15 is 0 Å². The average molecular weight is 452 g/mol. The minimum atomic E-state index is -3.25. The Balaban J connectivity index is 1.64. The third-order valence-electron chi connectivity index (χ3n) is 3.95. The largest absolute Gasteiger partial charge is 0.394 e. The normalized spacial score (nSPS) is 11.4. The maximum Gasteiger partial charge on any atom is 0.229 e. The predicted molar refractivity (Wildman–Crippen MR) is 115 cm³/mol. The van der Waals surface area contributed by atoms with E-state index < -0.39 is 10.0 Å². The van der Waals surface area contributed by atoms with Crippen molar-refractivity contribution < 1.29 is 13.5 Å². The van der Waals surface area contributed by atoms with Crippen molar-refractivity contribution in [2.75, 3.05) is 23.5 Å². The topological polar surface area (TPSA) is 134 Å². The Kier molecular flexibility index (Phi) is 7.21. The number of aliphatic hydroxyl groups is 1. The smallest absolute Gasteiger partial charge is 0.229 e. The van der Waals surface area contributed by atoms with Crippen molar-refractivity contribution in [3.63, 3.8) is 0 Å². The summed E-state index contributed by atoms with van der Waals surface area (Å²) in [7, 11) is -3.25. The van der Waals surface area contributed by atoms with Crippen LogP contribution in [-0.4, -0.2) is 46.1 Å². The van der Waals surface area contributed by atoms with Crippen molar-refractivity contribution in [3.05, 3.63) is 59.0 Å². The van der Waals surface area contributed by atoms with Gasteiger partial charge in [-0.1, -0.05) is 35.9 Å². The van der Waals surface area contributed by atoms with Crippen molar-refractivity contribution in [1.82, 2.24) is 24.5 Å². The number of sulfonamides is 1. The molecule has 2 heterocycles. The second-order valence-corrected chi connectivity index (χ2v) is 8.74. The lowest BCUT2D eigenvalue weighted by molar-refractivity contribution is 0.269. The lowest BCUT2D eigenvalue weighted by Crippen LogP contribution is -2.21. The van der Waals surface area contributed by atoms with Gasteiger partial charge in [0.05, 0.1) is 37.5 Å². The third-order valence-corrected chi connectivity index (χ3v) is 4.90. The first-order valence-corrected chi connectivity index (χ1v) is 11.3. The molecule has 0 aliphatic rings. The maximum atomic E-state index is 11.3. The van der Waals surface area contributed by atoms with Crippen LogP contribution in [0, 0.1) is 0 Å². The number of rotatable bonds is 10. The highest BCUT2D eigenvalue weighted by atomic mass is 35.5. The number of halogens is 1. The van der Waals surface area contributed by atoms with Crippen LogP contribution in [0.3, 0.4) is 0 Å². The molecular weight excluding hydrogens is 430 g/mol. The van der Waals surface area contributed by atoms with Crippen molar-refractivity contribution >= 4 is 39.1 Å². The zero-order valence-electron chi connectivity index (χ0n) is 16.2. The van der Waals surface area contributed by atoms with Gasteiger partial charge in [-0.15, -0.1) is 0 Å². The van der Waals surface area contributed by atoms with Crippen molar-refractivity contribution in [1.29, 1.82) is 0 Å². The van der Waals surface area contributed by atoms with E-state index in [2.05, 4.69) is 30.4 Å². The number of hydrogen-bond donors (Lipinski definition) is 4. The quantitative estimate of drug-likeness (QED) is 0.366. The number of nitrogens with zero attached hydrogens (tertiary/aromatic N) is 4. The molecule has 0 spiro atoms. The summed E-state index contributed by atoms with van der Waals surface area (Å²) in [5.41, 5.74) is 2.47. The second-order valence-electron chi connectivity index (χ2n) is 6.50. The van der Waals surface area contributed by atoms with Gasteiger partial charge in [0.1, 0.15) is 5.02 Å². The molecule has 4 N–H and O–H groups in total. The summed E-state index contributed by atoms with van der Waals surface area (Å²) < 4.78 is 26.6. The molecule has 0 atom stereocenters. The van der Waals surface area contributed by atoms with E-state index in [1.54, 1.807) is 17.1 Å². The average Bonchev–Trinajstić information content (AvgIpc) is 3.14. The molecular formula is C18H22ClN7O3S. The molecule has 30 heavy (non-hydrogen) atoms. The Labute approximate surface area is 179 Å². The molecule has 0 saturated heterocycles. The minimum absolute atomic E-state index is 0.00183. The summed E-state index contributed by atoms with van der Waals surface area (Å²) >= 11 is 6.21. The summed E-state index contributed by atoms with van der Waals surface area (Å²) in [5, 5.41) is 19.6. The van der Waals surface area contributed by atoms with Crippen LogP contribution < -0.4 is 15.4 Å². The fourth-order valence-corrected chi connectivity index (χ4v) is 3.17. The molecule has 3 rings (SSSR count). The highest BCUT2D eigenvalue weighted by molar-refractivity contribution is 7.88. The summed E-state index contributed by atoms with van der Waals surface area (Å²) in [6.45, 7) is 1.06. The highest BCUT2D eigenvalue weighted by Crippen LogP contribution is 2.22. The van der Waals surface area contributed by atoms with E-state index in [1.807, 2.05) is 24.3 Å². The molecule has 3 aromatic rings. The Morgan fingerprint density at radius 3 is 2.70 bits per heavy atom. The van der Waals surface area contributed by atoms with E-state index in [4.69, 9.17) is 16.7 Å². The van der Waals surface area contributed by atoms with Crippen LogP contribution in [0.2, 0.25) is 5.02 Å². The van der Waals surface area contributed by atoms with Gasteiger partial charge in [-0.25, -0.2) is 18.1 Å². The van der Waals surface area contributed by atoms with E-state index in [1.165, 1.54) is 6.20 Å². The second kappa shape index (κ2) is 9.85. The van der Waals surface area contributed by atoms with Gasteiger partial charge in [-0.2, -0.15) is 10.1 Å². The van der Waals surface area contributed by atoms with Crippen LogP contribution in [0.15, 0.2) is 42.9 Å². The van der Waals surface area contributed by atoms with Gasteiger partial charge in [0, 0.05) is 19.3 Å². The van der Waals surface area contributed by atoms with Crippen molar-refractivity contribution in [2.45, 2.75) is 19.6 Å². The number of aliphatic hydroxyl groups excluding tert-OH is 1. The Bertz CT molecular complexity index is 1100. The molecule has 0 fully saturated rings. The zero-order chi connectivity index (χ0) is 21.6. The van der Waals surface area contributed by atoms with Gasteiger partial charge in [-0.05, 0) is 11.1 Å². The van der Waals surface area contributed by atoms with Crippen LogP contribution in [0.25, 0.3) is 0 Å². The van der Waals surface area contributed by atoms with Gasteiger partial charge in [0.15, 0.2) is 5.82 Å². The summed E-state index contributed by atoms with van der Waals surface area (Å²) in [4.78, 5) is 8.55. The number of nitrogens with one attached hydrogen (secondary N) is 3. The Morgan fingerprint density at radius 2 is 1.97 bits per heavy atom. The lowest BCUT2D eigenvalue weighted by Gasteiger charge is -2.10. The molecule has 1 aromatic carbocycles. The number of anilines is 3. The van der Waals surface area contributed by atoms with Crippen LogP contribution in [0.1, 0.15) is 11.1 Å². The zero-order valence-corrected chi connectivity index (χ0v) is 17.8. The molecule has 0 aliphatic heterocycles. The molecule has 0 saturated carbocycles. The fourth-order valence-electron chi connectivity index (χ4n) is 2.58. The van der Waals surface area contributed by atoms with E-state index in [0.29, 0.717) is 35.6 Å². The SMILES string of the molecule is CS(=O)(=O)NCc1cccc(CNc2nc(Nc3cnn(CCO)c3)ncc2Cl)c1. The first kappa shape index (κ1) is 22.0. The first-order chi connectivity index (χ1) is 14.3. The molecule has 0 aliphatic carbocycles. The maximum absolute atomic E-state index is 11.3. The molecule has 160 valence electrons. The summed E-state index contributed by atoms with van der Waals surface area (Å²) in [6.07, 6.45) is 5.96. The fraction of sp³-hybridized carbons (Fsp3) is 0.278. The Morgan fingerprint density at radius 1 is 1.20 bits per heavy atom. The molecule has 0 bridgehead atoms. The lowest BCUT2D eigenvalue weighted by atomic mass is 10.1. The van der Waals surface area contributed by atoms with Crippen LogP contribution in [-0.2, 0) is 29.7 Å². The third kappa shape index (κ3) is 6.66. The van der Waals surface area contributed by atoms with E-state index in [9.17, 15) is 8.42 Å². The molecule has 12 heteroatoms. The molecule has 0 amide bonds. The summed E-state index contributed by atoms with van der Waals surface area (Å²) in [5.74, 6) is 0.799. The first-order valence-electron chi connectivity index (χ1n) is 9.01. The van der Waals surface area contributed by atoms with E-state index in [-0.39, 0.29) is 13.2 Å². The number of aromatic nitrogens is 4. The van der Waals surface area contributed by atoms with Crippen LogP contribution >= 0.6 is 11.6 Å². The highest BCUT2D eigenvalue weighted by Gasteiger charge is 2.08. The minimum Gasteiger partial charge on any atom is -0.394 e. The molecule has 0 unspecified atom stereocenters. The van der Waals surface area contributed by atoms with Crippen LogP contribution in [0.5, 0.6) is 0 Å². The number of hydrogen-bond acceptors (Lipinski definition) is 8. The van der Waals surface area contributed by atoms with Crippen molar-refractivity contribution in [2.24, 2.45) is 0 Å². The van der Waals surface area contributed by atoms with Gasteiger partial charge < -0.3 is 15.7 Å². The number of benzene rings is 1. The monoisotopic (exact) mass is 451 g/mol. The standard InChI is InChI=1S/C18H22ClN7O3S/c1-30(28,29)23-9-14-4-2-3-13(7-14)8-20-17-16(19)11-21-18(25-17)24-15-10-22-26(12-15)5-6-27/h2-4,7,10-12,23,27H,5-6,8-9H2,1H3,(H2,20,21,24,25). The van der Waals surface area contributed by atoms with Gasteiger partial charge in [0.2, 0.25) is 16.0 Å². The predicted octanol–water partition coefficient (Wildman–Crippen LogP) is 1.72. The van der Waals surface area contributed by atoms with E-state index in [0.717, 1.165) is 17.4 Å². The van der Waals surface area contributed by atoms with Gasteiger partial charge in [-0.3, -0.25) is 4.68 Å². The van der Waals surface area contributed by atoms with Gasteiger partial charge in [0.25, 0.3) is 0 Å². The molecule has 10 nitrogen and oxygen atoms in total. The summed E-state index contributed by atoms with van der Waals surface area (Å²) in [6, 6.07) is 7.52.